The van der Waals surface area contributed by atoms with Crippen LogP contribution in [0.5, 0.6) is 0 Å². The number of nitrogens with one attached hydrogen (secondary N) is 1. The Morgan fingerprint density at radius 3 is 2.81 bits per heavy atom. The number of carboxylic acid groups (broad SMARTS) is 1. The van der Waals surface area contributed by atoms with Gasteiger partial charge in [0, 0.05) is 11.0 Å². The third-order valence-corrected chi connectivity index (χ3v) is 3.59. The van der Waals surface area contributed by atoms with Crippen LogP contribution in [0.2, 0.25) is 0 Å². The number of rotatable bonds is 5. The Balaban J connectivity index is 1.96. The van der Waals surface area contributed by atoms with Gasteiger partial charge in [-0.15, -0.1) is 11.3 Å². The van der Waals surface area contributed by atoms with Gasteiger partial charge in [0.05, 0.1) is 12.1 Å². The Kier molecular flexibility index (Phi) is 4.84. The number of carbonyl (C=O) groups excluding carboxylic acids is 1. The quantitative estimate of drug-likeness (QED) is 0.835. The number of aliphatic carboxylic acids is 1. The molecule has 21 heavy (non-hydrogen) atoms. The molecule has 0 spiro atoms. The summed E-state index contributed by atoms with van der Waals surface area (Å²) in [7, 11) is 0. The molecule has 0 aliphatic carbocycles. The molecular weight excluding hydrogens is 293 g/mol. The molecule has 0 fully saturated rings. The van der Waals surface area contributed by atoms with Crippen LogP contribution in [0, 0.1) is 5.82 Å². The van der Waals surface area contributed by atoms with Gasteiger partial charge in [0.25, 0.3) is 5.91 Å². The summed E-state index contributed by atoms with van der Waals surface area (Å²) >= 11 is 1.39. The summed E-state index contributed by atoms with van der Waals surface area (Å²) in [4.78, 5) is 23.1. The monoisotopic (exact) mass is 305 g/mol. The van der Waals surface area contributed by atoms with Gasteiger partial charge in [0.2, 0.25) is 0 Å². The van der Waals surface area contributed by atoms with Crippen LogP contribution in [0.25, 0.3) is 6.08 Å². The van der Waals surface area contributed by atoms with Gasteiger partial charge in [-0.05, 0) is 35.2 Å². The largest absolute Gasteiger partial charge is 0.478 e. The van der Waals surface area contributed by atoms with Crippen molar-refractivity contribution >= 4 is 29.3 Å². The van der Waals surface area contributed by atoms with Gasteiger partial charge in [0.15, 0.2) is 0 Å². The normalized spacial score (nSPS) is 10.7. The first-order valence-corrected chi connectivity index (χ1v) is 6.95. The van der Waals surface area contributed by atoms with E-state index in [1.54, 1.807) is 17.5 Å². The lowest BCUT2D eigenvalue weighted by Gasteiger charge is -2.04. The summed E-state index contributed by atoms with van der Waals surface area (Å²) in [6.07, 6.45) is 2.52. The van der Waals surface area contributed by atoms with E-state index in [1.165, 1.54) is 35.6 Å². The highest BCUT2D eigenvalue weighted by Gasteiger charge is 2.10. The average Bonchev–Trinajstić information content (AvgIpc) is 2.91. The summed E-state index contributed by atoms with van der Waals surface area (Å²) in [5, 5.41) is 12.9. The van der Waals surface area contributed by atoms with Gasteiger partial charge < -0.3 is 10.4 Å². The Hall–Kier alpha value is -2.47. The first kappa shape index (κ1) is 14.9. The van der Waals surface area contributed by atoms with Gasteiger partial charge in [-0.25, -0.2) is 9.18 Å². The lowest BCUT2D eigenvalue weighted by molar-refractivity contribution is -0.131. The molecule has 0 aliphatic rings. The van der Waals surface area contributed by atoms with Crippen molar-refractivity contribution in [2.45, 2.75) is 6.54 Å². The maximum Gasteiger partial charge on any atom is 0.328 e. The molecule has 108 valence electrons. The number of benzene rings is 1. The first-order valence-electron chi connectivity index (χ1n) is 6.07. The van der Waals surface area contributed by atoms with Crippen LogP contribution >= 0.6 is 11.3 Å². The number of hydrogen-bond acceptors (Lipinski definition) is 3. The fourth-order valence-electron chi connectivity index (χ4n) is 1.65. The van der Waals surface area contributed by atoms with E-state index < -0.39 is 17.7 Å². The molecule has 0 atom stereocenters. The number of thiophene rings is 1. The Morgan fingerprint density at radius 1 is 1.33 bits per heavy atom. The summed E-state index contributed by atoms with van der Waals surface area (Å²) < 4.78 is 13.4. The van der Waals surface area contributed by atoms with Crippen molar-refractivity contribution in [3.63, 3.8) is 0 Å². The van der Waals surface area contributed by atoms with E-state index in [-0.39, 0.29) is 12.1 Å². The smallest absolute Gasteiger partial charge is 0.328 e. The second kappa shape index (κ2) is 6.81. The minimum atomic E-state index is -1.02. The lowest BCUT2D eigenvalue weighted by atomic mass is 10.2. The molecule has 0 radical (unpaired) electrons. The summed E-state index contributed by atoms with van der Waals surface area (Å²) in [5.41, 5.74) is 0.748. The van der Waals surface area contributed by atoms with Crippen LogP contribution in [-0.4, -0.2) is 17.0 Å². The Bertz CT molecular complexity index is 694. The van der Waals surface area contributed by atoms with Crippen LogP contribution in [0.4, 0.5) is 4.39 Å². The second-order valence-corrected chi connectivity index (χ2v) is 5.18. The number of carboxylic acids is 1. The molecule has 0 saturated heterocycles. The molecule has 1 aromatic carbocycles. The number of carbonyl (C=O) groups is 2. The van der Waals surface area contributed by atoms with Crippen LogP contribution in [0.15, 0.2) is 41.8 Å². The molecular formula is C15H12FNO3S. The van der Waals surface area contributed by atoms with Crippen LogP contribution in [0.3, 0.4) is 0 Å². The van der Waals surface area contributed by atoms with Crippen LogP contribution in [-0.2, 0) is 11.3 Å². The highest BCUT2D eigenvalue weighted by Crippen LogP contribution is 2.16. The molecule has 1 amide bonds. The average molecular weight is 305 g/mol. The van der Waals surface area contributed by atoms with Crippen molar-refractivity contribution in [3.8, 4) is 0 Å². The highest BCUT2D eigenvalue weighted by molar-refractivity contribution is 7.10. The second-order valence-electron chi connectivity index (χ2n) is 4.18. The van der Waals surface area contributed by atoms with Crippen LogP contribution in [0.1, 0.15) is 20.8 Å². The fourth-order valence-corrected chi connectivity index (χ4v) is 2.45. The lowest BCUT2D eigenvalue weighted by Crippen LogP contribution is -2.23. The summed E-state index contributed by atoms with van der Waals surface area (Å²) in [6.45, 7) is 0.263. The van der Waals surface area contributed by atoms with E-state index in [1.807, 2.05) is 0 Å². The Morgan fingerprint density at radius 2 is 2.10 bits per heavy atom. The van der Waals surface area contributed by atoms with E-state index >= 15 is 0 Å². The van der Waals surface area contributed by atoms with Gasteiger partial charge >= 0.3 is 5.97 Å². The zero-order chi connectivity index (χ0) is 15.2. The predicted octanol–water partition coefficient (Wildman–Crippen LogP) is 2.92. The van der Waals surface area contributed by atoms with E-state index in [9.17, 15) is 14.0 Å². The van der Waals surface area contributed by atoms with Gasteiger partial charge in [0.1, 0.15) is 5.82 Å². The molecule has 0 bridgehead atoms. The zero-order valence-electron chi connectivity index (χ0n) is 10.9. The molecule has 0 unspecified atom stereocenters. The van der Waals surface area contributed by atoms with Gasteiger partial charge in [-0.3, -0.25) is 4.79 Å². The number of hydrogen-bond donors (Lipinski definition) is 2. The SMILES string of the molecule is O=C(O)C=Cc1csc(CNC(=O)c2ccccc2F)c1. The zero-order valence-corrected chi connectivity index (χ0v) is 11.7. The molecule has 4 nitrogen and oxygen atoms in total. The molecule has 0 aliphatic heterocycles. The van der Waals surface area contributed by atoms with Crippen molar-refractivity contribution in [1.29, 1.82) is 0 Å². The van der Waals surface area contributed by atoms with Crippen molar-refractivity contribution in [2.24, 2.45) is 0 Å². The molecule has 0 saturated carbocycles. The van der Waals surface area contributed by atoms with Crippen molar-refractivity contribution in [2.75, 3.05) is 0 Å². The van der Waals surface area contributed by atoms with Gasteiger partial charge in [-0.2, -0.15) is 0 Å². The van der Waals surface area contributed by atoms with Crippen molar-refractivity contribution in [1.82, 2.24) is 5.32 Å². The third kappa shape index (κ3) is 4.25. The standard InChI is InChI=1S/C15H12FNO3S/c16-13-4-2-1-3-12(13)15(20)17-8-11-7-10(9-21-11)5-6-14(18)19/h1-7,9H,8H2,(H,17,20)(H,18,19). The van der Waals surface area contributed by atoms with E-state index in [0.717, 1.165) is 16.5 Å². The summed E-state index contributed by atoms with van der Waals surface area (Å²) in [6, 6.07) is 7.53. The number of halogens is 1. The third-order valence-electron chi connectivity index (χ3n) is 2.63. The van der Waals surface area contributed by atoms with Crippen LogP contribution < -0.4 is 5.32 Å². The van der Waals surface area contributed by atoms with E-state index in [0.29, 0.717) is 0 Å². The minimum Gasteiger partial charge on any atom is -0.478 e. The Labute approximate surface area is 124 Å². The first-order chi connectivity index (χ1) is 10.1. The molecule has 2 N–H and O–H groups in total. The van der Waals surface area contributed by atoms with Crippen molar-refractivity contribution < 1.29 is 19.1 Å². The van der Waals surface area contributed by atoms with Crippen molar-refractivity contribution in [3.05, 3.63) is 63.6 Å². The number of amides is 1. The molecule has 2 aromatic rings. The maximum absolute atomic E-state index is 13.4. The fraction of sp³-hybridized carbons (Fsp3) is 0.0667. The highest BCUT2D eigenvalue weighted by atomic mass is 32.1. The molecule has 6 heteroatoms. The predicted molar refractivity (Wildman–Crippen MR) is 78.6 cm³/mol. The van der Waals surface area contributed by atoms with Gasteiger partial charge in [-0.1, -0.05) is 12.1 Å². The summed E-state index contributed by atoms with van der Waals surface area (Å²) in [5.74, 6) is -2.06. The maximum atomic E-state index is 13.4. The van der Waals surface area contributed by atoms with E-state index in [4.69, 9.17) is 5.11 Å². The topological polar surface area (TPSA) is 66.4 Å². The van der Waals surface area contributed by atoms with E-state index in [2.05, 4.69) is 5.32 Å². The molecule has 1 heterocycles. The minimum absolute atomic E-state index is 0.0000487. The molecule has 1 aromatic heterocycles. The molecule has 2 rings (SSSR count).